The van der Waals surface area contributed by atoms with E-state index in [-0.39, 0.29) is 17.9 Å². The summed E-state index contributed by atoms with van der Waals surface area (Å²) >= 11 is 2.16. The number of hydrogen-bond acceptors (Lipinski definition) is 3. The number of anilines is 1. The summed E-state index contributed by atoms with van der Waals surface area (Å²) in [4.78, 5) is 27.1. The Morgan fingerprint density at radius 2 is 1.83 bits per heavy atom. The van der Waals surface area contributed by atoms with Crippen LogP contribution in [0, 0.1) is 15.4 Å². The first-order valence-electron chi connectivity index (χ1n) is 8.56. The number of carbonyl (C=O) groups excluding carboxylic acids is 2. The van der Waals surface area contributed by atoms with E-state index in [0.717, 1.165) is 29.3 Å². The minimum absolute atomic E-state index is 0.0136. The van der Waals surface area contributed by atoms with Gasteiger partial charge >= 0.3 is 5.97 Å². The molecule has 4 nitrogen and oxygen atoms in total. The van der Waals surface area contributed by atoms with Crippen molar-refractivity contribution >= 4 is 40.2 Å². The van der Waals surface area contributed by atoms with Crippen molar-refractivity contribution in [1.29, 1.82) is 0 Å². The zero-order chi connectivity index (χ0) is 17.9. The van der Waals surface area contributed by atoms with Crippen LogP contribution < -0.4 is 4.90 Å². The van der Waals surface area contributed by atoms with Gasteiger partial charge in [0.1, 0.15) is 0 Å². The summed E-state index contributed by atoms with van der Waals surface area (Å²) in [5.41, 5.74) is 1.11. The lowest BCUT2D eigenvalue weighted by molar-refractivity contribution is -0.123. The molecule has 24 heavy (non-hydrogen) atoms. The maximum Gasteiger partial charge on any atom is 0.340 e. The number of benzene rings is 1. The van der Waals surface area contributed by atoms with Gasteiger partial charge in [0.25, 0.3) is 0 Å². The second-order valence-electron chi connectivity index (χ2n) is 6.91. The third-order valence-corrected chi connectivity index (χ3v) is 5.41. The number of nitrogens with zero attached hydrogens (tertiary/aromatic N) is 1. The number of ether oxygens (including phenoxy) is 1. The lowest BCUT2D eigenvalue weighted by atomic mass is 9.82. The lowest BCUT2D eigenvalue weighted by Gasteiger charge is -2.34. The molecule has 132 valence electrons. The Morgan fingerprint density at radius 1 is 1.21 bits per heavy atom. The Morgan fingerprint density at radius 3 is 2.38 bits per heavy atom. The van der Waals surface area contributed by atoms with Crippen LogP contribution in [0.15, 0.2) is 18.2 Å². The summed E-state index contributed by atoms with van der Waals surface area (Å²) in [6, 6.07) is 5.55. The standard InChI is InChI=1S/C19H26INO3/c1-12(2)21(18(22)14-7-5-13(3)6-8-14)17-10-9-15(20)11-16(17)19(23)24-4/h9-14H,5-8H2,1-4H3. The predicted molar refractivity (Wildman–Crippen MR) is 104 cm³/mol. The largest absolute Gasteiger partial charge is 0.465 e. The fraction of sp³-hybridized carbons (Fsp3) is 0.579. The van der Waals surface area contributed by atoms with Crippen molar-refractivity contribution in [2.45, 2.75) is 52.5 Å². The molecule has 0 aliphatic heterocycles. The van der Waals surface area contributed by atoms with Crippen LogP contribution in [0.25, 0.3) is 0 Å². The second kappa shape index (κ2) is 8.32. The average molecular weight is 443 g/mol. The van der Waals surface area contributed by atoms with Crippen LogP contribution in [0.2, 0.25) is 0 Å². The molecule has 0 saturated heterocycles. The van der Waals surface area contributed by atoms with Gasteiger partial charge in [-0.2, -0.15) is 0 Å². The van der Waals surface area contributed by atoms with Crippen LogP contribution in [0.1, 0.15) is 56.8 Å². The molecule has 0 atom stereocenters. The van der Waals surface area contributed by atoms with E-state index in [1.54, 1.807) is 11.0 Å². The van der Waals surface area contributed by atoms with Crippen molar-refractivity contribution in [3.8, 4) is 0 Å². The van der Waals surface area contributed by atoms with Gasteiger partial charge in [0.15, 0.2) is 0 Å². The van der Waals surface area contributed by atoms with Gasteiger partial charge in [-0.15, -0.1) is 0 Å². The third kappa shape index (κ3) is 4.29. The van der Waals surface area contributed by atoms with E-state index < -0.39 is 5.97 Å². The van der Waals surface area contributed by atoms with E-state index in [2.05, 4.69) is 29.5 Å². The summed E-state index contributed by atoms with van der Waals surface area (Å²) in [6.45, 7) is 6.22. The summed E-state index contributed by atoms with van der Waals surface area (Å²) in [5, 5.41) is 0. The van der Waals surface area contributed by atoms with Gasteiger partial charge in [-0.1, -0.05) is 6.92 Å². The maximum absolute atomic E-state index is 13.2. The molecular weight excluding hydrogens is 417 g/mol. The Hall–Kier alpha value is -1.11. The predicted octanol–water partition coefficient (Wildman–Crippen LogP) is 4.65. The molecule has 1 amide bonds. The van der Waals surface area contributed by atoms with Gasteiger partial charge in [-0.05, 0) is 86.2 Å². The first-order valence-corrected chi connectivity index (χ1v) is 9.64. The number of amides is 1. The van der Waals surface area contributed by atoms with Gasteiger partial charge < -0.3 is 9.64 Å². The van der Waals surface area contributed by atoms with Crippen LogP contribution >= 0.6 is 22.6 Å². The van der Waals surface area contributed by atoms with E-state index in [0.29, 0.717) is 17.2 Å². The number of esters is 1. The highest BCUT2D eigenvalue weighted by molar-refractivity contribution is 14.1. The molecule has 5 heteroatoms. The van der Waals surface area contributed by atoms with Crippen molar-refractivity contribution in [1.82, 2.24) is 0 Å². The lowest BCUT2D eigenvalue weighted by Crippen LogP contribution is -2.43. The van der Waals surface area contributed by atoms with Crippen LogP contribution in [-0.2, 0) is 9.53 Å². The Labute approximate surface area is 158 Å². The highest BCUT2D eigenvalue weighted by Crippen LogP contribution is 2.33. The summed E-state index contributed by atoms with van der Waals surface area (Å²) in [6.07, 6.45) is 4.06. The number of hydrogen-bond donors (Lipinski definition) is 0. The minimum atomic E-state index is -0.403. The summed E-state index contributed by atoms with van der Waals surface area (Å²) < 4.78 is 5.86. The van der Waals surface area contributed by atoms with Crippen molar-refractivity contribution in [3.05, 3.63) is 27.3 Å². The minimum Gasteiger partial charge on any atom is -0.465 e. The molecule has 0 heterocycles. The van der Waals surface area contributed by atoms with Crippen LogP contribution in [0.3, 0.4) is 0 Å². The zero-order valence-corrected chi connectivity index (χ0v) is 17.0. The SMILES string of the molecule is COC(=O)c1cc(I)ccc1N(C(=O)C1CCC(C)CC1)C(C)C. The third-order valence-electron chi connectivity index (χ3n) is 4.74. The van der Waals surface area contributed by atoms with E-state index in [1.807, 2.05) is 26.0 Å². The maximum atomic E-state index is 13.2. The first-order chi connectivity index (χ1) is 11.3. The highest BCUT2D eigenvalue weighted by Gasteiger charge is 2.32. The number of rotatable bonds is 4. The molecule has 0 bridgehead atoms. The normalized spacial score (nSPS) is 20.8. The molecule has 1 aliphatic carbocycles. The van der Waals surface area contributed by atoms with Crippen LogP contribution in [0.4, 0.5) is 5.69 Å². The number of halogens is 1. The van der Waals surface area contributed by atoms with Gasteiger partial charge in [-0.25, -0.2) is 4.79 Å². The molecule has 0 aromatic heterocycles. The summed E-state index contributed by atoms with van der Waals surface area (Å²) in [7, 11) is 1.37. The van der Waals surface area contributed by atoms with E-state index in [1.165, 1.54) is 7.11 Å². The first kappa shape index (κ1) is 19.2. The van der Waals surface area contributed by atoms with Crippen molar-refractivity contribution in [2.24, 2.45) is 11.8 Å². The van der Waals surface area contributed by atoms with E-state index >= 15 is 0 Å². The number of carbonyl (C=O) groups is 2. The van der Waals surface area contributed by atoms with Gasteiger partial charge in [0.05, 0.1) is 18.4 Å². The molecule has 0 unspecified atom stereocenters. The van der Waals surface area contributed by atoms with Crippen molar-refractivity contribution in [2.75, 3.05) is 12.0 Å². The van der Waals surface area contributed by atoms with Crippen molar-refractivity contribution in [3.63, 3.8) is 0 Å². The molecule has 1 aromatic rings. The molecule has 1 aromatic carbocycles. The molecule has 1 fully saturated rings. The molecular formula is C19H26INO3. The fourth-order valence-corrected chi connectivity index (χ4v) is 3.84. The monoisotopic (exact) mass is 443 g/mol. The molecule has 0 radical (unpaired) electrons. The van der Waals surface area contributed by atoms with E-state index in [9.17, 15) is 9.59 Å². The van der Waals surface area contributed by atoms with Crippen molar-refractivity contribution < 1.29 is 14.3 Å². The van der Waals surface area contributed by atoms with Crippen LogP contribution in [-0.4, -0.2) is 25.0 Å². The fourth-order valence-electron chi connectivity index (χ4n) is 3.35. The second-order valence-corrected chi connectivity index (χ2v) is 8.16. The number of methoxy groups -OCH3 is 1. The van der Waals surface area contributed by atoms with Gasteiger partial charge in [0, 0.05) is 15.5 Å². The molecule has 1 saturated carbocycles. The topological polar surface area (TPSA) is 46.6 Å². The van der Waals surface area contributed by atoms with Crippen LogP contribution in [0.5, 0.6) is 0 Å². The summed E-state index contributed by atoms with van der Waals surface area (Å²) in [5.74, 6) is 0.473. The quantitative estimate of drug-likeness (QED) is 0.503. The molecule has 1 aliphatic rings. The average Bonchev–Trinajstić information content (AvgIpc) is 2.55. The highest BCUT2D eigenvalue weighted by atomic mass is 127. The van der Waals surface area contributed by atoms with Gasteiger partial charge in [-0.3, -0.25) is 4.79 Å². The molecule has 0 N–H and O–H groups in total. The molecule has 0 spiro atoms. The smallest absolute Gasteiger partial charge is 0.340 e. The Kier molecular flexibility index (Phi) is 6.66. The Balaban J connectivity index is 2.37. The molecule has 2 rings (SSSR count). The van der Waals surface area contributed by atoms with Gasteiger partial charge in [0.2, 0.25) is 5.91 Å². The van der Waals surface area contributed by atoms with E-state index in [4.69, 9.17) is 4.74 Å². The Bertz CT molecular complexity index is 607. The zero-order valence-electron chi connectivity index (χ0n) is 14.8.